The summed E-state index contributed by atoms with van der Waals surface area (Å²) in [5.41, 5.74) is 5.14. The summed E-state index contributed by atoms with van der Waals surface area (Å²) in [7, 11) is 1.99. The van der Waals surface area contributed by atoms with Gasteiger partial charge in [-0.2, -0.15) is 5.10 Å². The Hall–Kier alpha value is -1.26. The van der Waals surface area contributed by atoms with E-state index in [1.54, 1.807) is 0 Å². The molecule has 1 aromatic carbocycles. The molecular formula is C14H17N3S. The van der Waals surface area contributed by atoms with Gasteiger partial charge in [0.05, 0.1) is 5.69 Å². The number of aryl methyl sites for hydroxylation is 1. The standard InChI is InChI=1S/C14H17N3S/c1-15-8-4-6-12-11-9-18-13-7-3-2-5-10(13)14(11)17-16-12/h2-3,5,7,15H,4,6,8-9H2,1H3,(H,16,17). The molecule has 1 aliphatic rings. The minimum absolute atomic E-state index is 1.04. The molecule has 0 saturated carbocycles. The Balaban J connectivity index is 1.90. The van der Waals surface area contributed by atoms with Crippen molar-refractivity contribution in [2.75, 3.05) is 13.6 Å². The molecule has 2 N–H and O–H groups in total. The van der Waals surface area contributed by atoms with Gasteiger partial charge < -0.3 is 5.32 Å². The molecule has 4 heteroatoms. The number of hydrogen-bond donors (Lipinski definition) is 2. The van der Waals surface area contributed by atoms with Crippen LogP contribution in [-0.4, -0.2) is 23.8 Å². The molecule has 0 amide bonds. The second-order valence-electron chi connectivity index (χ2n) is 4.52. The van der Waals surface area contributed by atoms with Crippen molar-refractivity contribution in [3.05, 3.63) is 35.5 Å². The molecule has 18 heavy (non-hydrogen) atoms. The van der Waals surface area contributed by atoms with Crippen LogP contribution in [0.4, 0.5) is 0 Å². The Morgan fingerprint density at radius 3 is 3.17 bits per heavy atom. The third-order valence-corrected chi connectivity index (χ3v) is 4.42. The van der Waals surface area contributed by atoms with E-state index in [1.807, 2.05) is 18.8 Å². The van der Waals surface area contributed by atoms with E-state index in [2.05, 4.69) is 39.8 Å². The largest absolute Gasteiger partial charge is 0.320 e. The van der Waals surface area contributed by atoms with Crippen molar-refractivity contribution in [3.8, 4) is 11.3 Å². The highest BCUT2D eigenvalue weighted by atomic mass is 32.2. The number of hydrogen-bond acceptors (Lipinski definition) is 3. The maximum absolute atomic E-state index is 4.52. The third kappa shape index (κ3) is 2.06. The average Bonchev–Trinajstić information content (AvgIpc) is 2.83. The molecule has 0 spiro atoms. The first-order valence-corrected chi connectivity index (χ1v) is 7.31. The van der Waals surface area contributed by atoms with Crippen LogP contribution in [0.25, 0.3) is 11.3 Å². The first-order chi connectivity index (χ1) is 8.90. The van der Waals surface area contributed by atoms with Gasteiger partial charge in [-0.1, -0.05) is 18.2 Å². The summed E-state index contributed by atoms with van der Waals surface area (Å²) in [5, 5.41) is 10.9. The molecule has 0 saturated heterocycles. The number of aromatic amines is 1. The van der Waals surface area contributed by atoms with Crippen LogP contribution in [-0.2, 0) is 12.2 Å². The molecule has 0 aliphatic carbocycles. The van der Waals surface area contributed by atoms with Crippen molar-refractivity contribution in [1.82, 2.24) is 15.5 Å². The van der Waals surface area contributed by atoms with Gasteiger partial charge in [0.1, 0.15) is 0 Å². The summed E-state index contributed by atoms with van der Waals surface area (Å²) in [4.78, 5) is 1.35. The predicted molar refractivity (Wildman–Crippen MR) is 75.8 cm³/mol. The van der Waals surface area contributed by atoms with Crippen LogP contribution >= 0.6 is 11.8 Å². The van der Waals surface area contributed by atoms with Crippen LogP contribution in [0.3, 0.4) is 0 Å². The summed E-state index contributed by atoms with van der Waals surface area (Å²) >= 11 is 1.91. The van der Waals surface area contributed by atoms with Crippen molar-refractivity contribution >= 4 is 11.8 Å². The number of rotatable bonds is 4. The van der Waals surface area contributed by atoms with E-state index in [-0.39, 0.29) is 0 Å². The summed E-state index contributed by atoms with van der Waals surface area (Å²) in [6.45, 7) is 1.05. The quantitative estimate of drug-likeness (QED) is 0.830. The van der Waals surface area contributed by atoms with Crippen LogP contribution in [0.15, 0.2) is 29.2 Å². The van der Waals surface area contributed by atoms with Gasteiger partial charge in [-0.25, -0.2) is 0 Å². The highest BCUT2D eigenvalue weighted by molar-refractivity contribution is 7.98. The molecular weight excluding hydrogens is 242 g/mol. The number of H-pyrrole nitrogens is 1. The molecule has 0 radical (unpaired) electrons. The molecule has 2 aromatic rings. The highest BCUT2D eigenvalue weighted by Gasteiger charge is 2.21. The zero-order valence-corrected chi connectivity index (χ0v) is 11.3. The fourth-order valence-corrected chi connectivity index (χ4v) is 3.47. The number of nitrogens with zero attached hydrogens (tertiary/aromatic N) is 1. The topological polar surface area (TPSA) is 40.7 Å². The smallest absolute Gasteiger partial charge is 0.0975 e. The SMILES string of the molecule is CNCCCc1[nH]nc2c1CSc1ccccc1-2. The second kappa shape index (κ2) is 5.16. The van der Waals surface area contributed by atoms with Gasteiger partial charge in [0.2, 0.25) is 0 Å². The van der Waals surface area contributed by atoms with E-state index in [9.17, 15) is 0 Å². The monoisotopic (exact) mass is 259 g/mol. The predicted octanol–water partition coefficient (Wildman–Crippen LogP) is 2.83. The van der Waals surface area contributed by atoms with E-state index >= 15 is 0 Å². The molecule has 1 aliphatic heterocycles. The zero-order chi connectivity index (χ0) is 12.4. The maximum atomic E-state index is 4.52. The lowest BCUT2D eigenvalue weighted by Gasteiger charge is -2.15. The lowest BCUT2D eigenvalue weighted by molar-refractivity contribution is 0.711. The molecule has 94 valence electrons. The van der Waals surface area contributed by atoms with Gasteiger partial charge in [-0.05, 0) is 32.5 Å². The van der Waals surface area contributed by atoms with Crippen LogP contribution < -0.4 is 5.32 Å². The van der Waals surface area contributed by atoms with Crippen molar-refractivity contribution in [2.45, 2.75) is 23.5 Å². The minimum atomic E-state index is 1.04. The second-order valence-corrected chi connectivity index (χ2v) is 5.54. The van der Waals surface area contributed by atoms with Crippen LogP contribution in [0, 0.1) is 0 Å². The van der Waals surface area contributed by atoms with Crippen molar-refractivity contribution < 1.29 is 0 Å². The molecule has 3 rings (SSSR count). The average molecular weight is 259 g/mol. The Morgan fingerprint density at radius 1 is 1.39 bits per heavy atom. The number of aromatic nitrogens is 2. The Kier molecular flexibility index (Phi) is 3.39. The number of fused-ring (bicyclic) bond motifs is 3. The summed E-state index contributed by atoms with van der Waals surface area (Å²) < 4.78 is 0. The van der Waals surface area contributed by atoms with E-state index in [0.717, 1.165) is 30.8 Å². The Morgan fingerprint density at radius 2 is 2.28 bits per heavy atom. The lowest BCUT2D eigenvalue weighted by Crippen LogP contribution is -2.09. The summed E-state index contributed by atoms with van der Waals surface area (Å²) in [6.07, 6.45) is 2.23. The van der Waals surface area contributed by atoms with Crippen molar-refractivity contribution in [2.24, 2.45) is 0 Å². The van der Waals surface area contributed by atoms with Crippen LogP contribution in [0.1, 0.15) is 17.7 Å². The van der Waals surface area contributed by atoms with Gasteiger partial charge in [-0.15, -0.1) is 11.8 Å². The molecule has 2 heterocycles. The fraction of sp³-hybridized carbons (Fsp3) is 0.357. The third-order valence-electron chi connectivity index (χ3n) is 3.32. The fourth-order valence-electron chi connectivity index (χ4n) is 2.37. The van der Waals surface area contributed by atoms with E-state index in [1.165, 1.54) is 21.7 Å². The summed E-state index contributed by atoms with van der Waals surface area (Å²) in [6, 6.07) is 8.53. The van der Waals surface area contributed by atoms with Crippen LogP contribution in [0.5, 0.6) is 0 Å². The molecule has 0 unspecified atom stereocenters. The van der Waals surface area contributed by atoms with Gasteiger partial charge in [0.25, 0.3) is 0 Å². The number of benzene rings is 1. The summed E-state index contributed by atoms with van der Waals surface area (Å²) in [5.74, 6) is 1.04. The van der Waals surface area contributed by atoms with Gasteiger partial charge in [-0.3, -0.25) is 5.10 Å². The van der Waals surface area contributed by atoms with Gasteiger partial charge >= 0.3 is 0 Å². The molecule has 0 fully saturated rings. The van der Waals surface area contributed by atoms with E-state index in [4.69, 9.17) is 0 Å². The Bertz CT molecular complexity index is 548. The number of nitrogens with one attached hydrogen (secondary N) is 2. The molecule has 0 atom stereocenters. The first kappa shape index (κ1) is 11.8. The van der Waals surface area contributed by atoms with E-state index < -0.39 is 0 Å². The van der Waals surface area contributed by atoms with Crippen LogP contribution in [0.2, 0.25) is 0 Å². The first-order valence-electron chi connectivity index (χ1n) is 6.33. The maximum Gasteiger partial charge on any atom is 0.0975 e. The van der Waals surface area contributed by atoms with E-state index in [0.29, 0.717) is 0 Å². The molecule has 0 bridgehead atoms. The van der Waals surface area contributed by atoms with Gasteiger partial charge in [0, 0.05) is 27.5 Å². The zero-order valence-electron chi connectivity index (χ0n) is 10.5. The Labute approximate surface area is 111 Å². The molecule has 1 aromatic heterocycles. The number of thioether (sulfide) groups is 1. The van der Waals surface area contributed by atoms with Gasteiger partial charge in [0.15, 0.2) is 0 Å². The lowest BCUT2D eigenvalue weighted by atomic mass is 10.0. The minimum Gasteiger partial charge on any atom is -0.320 e. The van der Waals surface area contributed by atoms with Crippen molar-refractivity contribution in [3.63, 3.8) is 0 Å². The highest BCUT2D eigenvalue weighted by Crippen LogP contribution is 2.41. The van der Waals surface area contributed by atoms with Crippen molar-refractivity contribution in [1.29, 1.82) is 0 Å². The molecule has 3 nitrogen and oxygen atoms in total. The normalized spacial score (nSPS) is 13.2.